The van der Waals surface area contributed by atoms with Gasteiger partial charge in [0.15, 0.2) is 6.61 Å². The van der Waals surface area contributed by atoms with Gasteiger partial charge in [0.05, 0.1) is 0 Å². The van der Waals surface area contributed by atoms with Crippen LogP contribution in [0.1, 0.15) is 44.9 Å². The number of hydrogen-bond donors (Lipinski definition) is 2. The Morgan fingerprint density at radius 3 is 2.20 bits per heavy atom. The lowest BCUT2D eigenvalue weighted by Crippen LogP contribution is -2.43. The van der Waals surface area contributed by atoms with E-state index in [4.69, 9.17) is 10.5 Å². The molecule has 2 rings (SSSR count). The largest absolute Gasteiger partial charge is 0.454 e. The number of nitrogens with zero attached hydrogens (tertiary/aromatic N) is 1. The third kappa shape index (κ3) is 6.03. The molecule has 8 nitrogen and oxygen atoms in total. The Kier molecular flexibility index (Phi) is 7.21. The molecule has 2 fully saturated rings. The number of amides is 3. The Bertz CT molecular complexity index is 508. The molecule has 0 radical (unpaired) electrons. The van der Waals surface area contributed by atoms with Gasteiger partial charge < -0.3 is 20.7 Å². The predicted octanol–water partition coefficient (Wildman–Crippen LogP) is -0.0500. The predicted molar refractivity (Wildman–Crippen MR) is 89.0 cm³/mol. The highest BCUT2D eigenvalue weighted by Gasteiger charge is 2.26. The van der Waals surface area contributed by atoms with E-state index >= 15 is 0 Å². The Hall–Kier alpha value is -2.12. The maximum Gasteiger partial charge on any atom is 0.325 e. The third-order valence-corrected chi connectivity index (χ3v) is 4.99. The molecule has 3 N–H and O–H groups in total. The average molecular weight is 353 g/mol. The minimum absolute atomic E-state index is 0.0188. The number of carbonyl (C=O) groups is 4. The van der Waals surface area contributed by atoms with E-state index in [1.165, 1.54) is 0 Å². The lowest BCUT2D eigenvalue weighted by molar-refractivity contribution is -0.152. The summed E-state index contributed by atoms with van der Waals surface area (Å²) in [5.74, 6) is -1.58. The van der Waals surface area contributed by atoms with Crippen molar-refractivity contribution in [2.75, 3.05) is 26.2 Å². The van der Waals surface area contributed by atoms with E-state index in [0.717, 1.165) is 32.1 Å². The number of nitrogens with two attached hydrogens (primary N) is 1. The first-order chi connectivity index (χ1) is 12.0. The summed E-state index contributed by atoms with van der Waals surface area (Å²) in [4.78, 5) is 48.3. The number of primary amides is 1. The number of hydrogen-bond acceptors (Lipinski definition) is 5. The summed E-state index contributed by atoms with van der Waals surface area (Å²) in [5.41, 5.74) is 5.25. The molecule has 3 amide bonds. The average Bonchev–Trinajstić information content (AvgIpc) is 2.64. The quantitative estimate of drug-likeness (QED) is 0.649. The zero-order valence-electron chi connectivity index (χ0n) is 14.5. The van der Waals surface area contributed by atoms with Crippen molar-refractivity contribution in [3.63, 3.8) is 0 Å². The molecule has 0 aromatic carbocycles. The first-order valence-corrected chi connectivity index (χ1v) is 8.98. The summed E-state index contributed by atoms with van der Waals surface area (Å²) in [6.45, 7) is 0.302. The van der Waals surface area contributed by atoms with Crippen molar-refractivity contribution in [3.05, 3.63) is 0 Å². The molecule has 25 heavy (non-hydrogen) atoms. The van der Waals surface area contributed by atoms with Gasteiger partial charge in [0.2, 0.25) is 11.8 Å². The van der Waals surface area contributed by atoms with Gasteiger partial charge in [0.25, 0.3) is 5.91 Å². The zero-order valence-corrected chi connectivity index (χ0v) is 14.5. The molecule has 2 aliphatic rings. The van der Waals surface area contributed by atoms with Crippen molar-refractivity contribution in [3.8, 4) is 0 Å². The number of likely N-dealkylation sites (tertiary alicyclic amines) is 1. The van der Waals surface area contributed by atoms with Crippen LogP contribution in [0, 0.1) is 11.8 Å². The van der Waals surface area contributed by atoms with Gasteiger partial charge in [-0.1, -0.05) is 19.3 Å². The molecule has 140 valence electrons. The highest BCUT2D eigenvalue weighted by Crippen LogP contribution is 2.23. The lowest BCUT2D eigenvalue weighted by Gasteiger charge is -2.30. The Morgan fingerprint density at radius 2 is 1.60 bits per heavy atom. The molecule has 1 saturated heterocycles. The SMILES string of the molecule is NC(=O)C1CCN(C(=O)COC(=O)CNC(=O)C2CCCCC2)CC1. The van der Waals surface area contributed by atoms with Crippen molar-refractivity contribution >= 4 is 23.7 Å². The summed E-state index contributed by atoms with van der Waals surface area (Å²) in [5, 5.41) is 2.58. The number of esters is 1. The van der Waals surface area contributed by atoms with Crippen molar-refractivity contribution < 1.29 is 23.9 Å². The Balaban J connectivity index is 1.62. The van der Waals surface area contributed by atoms with E-state index in [9.17, 15) is 19.2 Å². The molecule has 1 aliphatic carbocycles. The summed E-state index contributed by atoms with van der Waals surface area (Å²) in [6, 6.07) is 0. The highest BCUT2D eigenvalue weighted by molar-refractivity contribution is 5.85. The third-order valence-electron chi connectivity index (χ3n) is 4.99. The van der Waals surface area contributed by atoms with Crippen LogP contribution in [0.5, 0.6) is 0 Å². The fourth-order valence-electron chi connectivity index (χ4n) is 3.37. The van der Waals surface area contributed by atoms with Gasteiger partial charge in [-0.25, -0.2) is 0 Å². The summed E-state index contributed by atoms with van der Waals surface area (Å²) in [6.07, 6.45) is 6.04. The van der Waals surface area contributed by atoms with Crippen LogP contribution in [0.25, 0.3) is 0 Å². The van der Waals surface area contributed by atoms with Gasteiger partial charge in [-0.3, -0.25) is 19.2 Å². The summed E-state index contributed by atoms with van der Waals surface area (Å²) in [7, 11) is 0. The van der Waals surface area contributed by atoms with Crippen LogP contribution in [0.2, 0.25) is 0 Å². The van der Waals surface area contributed by atoms with Crippen molar-refractivity contribution in [1.29, 1.82) is 0 Å². The van der Waals surface area contributed by atoms with E-state index in [1.807, 2.05) is 0 Å². The number of carbonyl (C=O) groups excluding carboxylic acids is 4. The summed E-state index contributed by atoms with van der Waals surface area (Å²) < 4.78 is 4.93. The molecular formula is C17H27N3O5. The van der Waals surface area contributed by atoms with E-state index in [1.54, 1.807) is 4.90 Å². The highest BCUT2D eigenvalue weighted by atomic mass is 16.5. The lowest BCUT2D eigenvalue weighted by atomic mass is 9.89. The summed E-state index contributed by atoms with van der Waals surface area (Å²) >= 11 is 0. The molecule has 0 aromatic heterocycles. The molecule has 0 atom stereocenters. The van der Waals surface area contributed by atoms with E-state index in [2.05, 4.69) is 5.32 Å². The molecule has 1 heterocycles. The minimum Gasteiger partial charge on any atom is -0.454 e. The first-order valence-electron chi connectivity index (χ1n) is 8.98. The molecule has 0 unspecified atom stereocenters. The monoisotopic (exact) mass is 353 g/mol. The topological polar surface area (TPSA) is 119 Å². The first kappa shape index (κ1) is 19.2. The van der Waals surface area contributed by atoms with Gasteiger partial charge in [0, 0.05) is 24.9 Å². The molecule has 8 heteroatoms. The number of rotatable bonds is 6. The molecule has 0 spiro atoms. The van der Waals surface area contributed by atoms with Crippen LogP contribution < -0.4 is 11.1 Å². The van der Waals surface area contributed by atoms with Gasteiger partial charge in [0.1, 0.15) is 6.54 Å². The van der Waals surface area contributed by atoms with Crippen molar-refractivity contribution in [2.24, 2.45) is 17.6 Å². The second-order valence-electron chi connectivity index (χ2n) is 6.77. The van der Waals surface area contributed by atoms with E-state index in [0.29, 0.717) is 25.9 Å². The number of ether oxygens (including phenoxy) is 1. The van der Waals surface area contributed by atoms with Crippen LogP contribution in [0.15, 0.2) is 0 Å². The van der Waals surface area contributed by atoms with Crippen molar-refractivity contribution in [2.45, 2.75) is 44.9 Å². The second kappa shape index (κ2) is 9.39. The fourth-order valence-corrected chi connectivity index (χ4v) is 3.37. The normalized spacial score (nSPS) is 19.3. The van der Waals surface area contributed by atoms with Crippen LogP contribution in [0.3, 0.4) is 0 Å². The van der Waals surface area contributed by atoms with Gasteiger partial charge in [-0.05, 0) is 25.7 Å². The van der Waals surface area contributed by atoms with E-state index < -0.39 is 5.97 Å². The fraction of sp³-hybridized carbons (Fsp3) is 0.765. The zero-order chi connectivity index (χ0) is 18.2. The van der Waals surface area contributed by atoms with E-state index in [-0.39, 0.29) is 42.7 Å². The van der Waals surface area contributed by atoms with Crippen molar-refractivity contribution in [1.82, 2.24) is 10.2 Å². The van der Waals surface area contributed by atoms with Crippen LogP contribution >= 0.6 is 0 Å². The standard InChI is InChI=1S/C17H27N3O5/c18-16(23)12-6-8-20(9-7-12)14(21)11-25-15(22)10-19-17(24)13-4-2-1-3-5-13/h12-13H,1-11H2,(H2,18,23)(H,19,24). The minimum atomic E-state index is -0.621. The molecule has 1 aliphatic heterocycles. The second-order valence-corrected chi connectivity index (χ2v) is 6.77. The maximum atomic E-state index is 12.0. The molecular weight excluding hydrogens is 326 g/mol. The maximum absolute atomic E-state index is 12.0. The molecule has 1 saturated carbocycles. The number of nitrogens with one attached hydrogen (secondary N) is 1. The Labute approximate surface area is 147 Å². The van der Waals surface area contributed by atoms with Gasteiger partial charge in [-0.2, -0.15) is 0 Å². The molecule has 0 bridgehead atoms. The van der Waals surface area contributed by atoms with Crippen LogP contribution in [0.4, 0.5) is 0 Å². The van der Waals surface area contributed by atoms with Crippen LogP contribution in [-0.4, -0.2) is 54.8 Å². The smallest absolute Gasteiger partial charge is 0.325 e. The number of piperidine rings is 1. The van der Waals surface area contributed by atoms with Crippen LogP contribution in [-0.2, 0) is 23.9 Å². The van der Waals surface area contributed by atoms with Gasteiger partial charge in [-0.15, -0.1) is 0 Å². The Morgan fingerprint density at radius 1 is 0.960 bits per heavy atom. The molecule has 0 aromatic rings. The van der Waals surface area contributed by atoms with Gasteiger partial charge >= 0.3 is 5.97 Å².